The van der Waals surface area contributed by atoms with Crippen molar-refractivity contribution in [2.45, 2.75) is 31.4 Å². The van der Waals surface area contributed by atoms with E-state index in [1.165, 1.54) is 12.2 Å². The second-order valence-corrected chi connectivity index (χ2v) is 6.78. The van der Waals surface area contributed by atoms with Crippen LogP contribution in [-0.4, -0.2) is 27.9 Å². The standard InChI is InChI=1S/C13H20N4OS/c1-9-6-11(17-14)10(7-15-9)12(18)16-8-13(2)4-3-5-19-13/h6-7H,3-5,8,14H2,1-2H3,(H,15,17)(H,16,18). The minimum atomic E-state index is -0.130. The van der Waals surface area contributed by atoms with Crippen LogP contribution >= 0.6 is 11.8 Å². The van der Waals surface area contributed by atoms with Gasteiger partial charge in [-0.3, -0.25) is 15.6 Å². The van der Waals surface area contributed by atoms with Gasteiger partial charge in [-0.25, -0.2) is 0 Å². The zero-order chi connectivity index (χ0) is 13.9. The molecule has 104 valence electrons. The van der Waals surface area contributed by atoms with Crippen LogP contribution in [-0.2, 0) is 0 Å². The molecular weight excluding hydrogens is 260 g/mol. The zero-order valence-electron chi connectivity index (χ0n) is 11.3. The summed E-state index contributed by atoms with van der Waals surface area (Å²) in [4.78, 5) is 16.3. The molecule has 2 heterocycles. The number of hydrogen-bond acceptors (Lipinski definition) is 5. The van der Waals surface area contributed by atoms with Crippen LogP contribution in [0.3, 0.4) is 0 Å². The van der Waals surface area contributed by atoms with Crippen molar-refractivity contribution in [1.82, 2.24) is 10.3 Å². The molecule has 2 rings (SSSR count). The molecule has 0 aliphatic carbocycles. The van der Waals surface area contributed by atoms with Crippen molar-refractivity contribution in [2.24, 2.45) is 5.84 Å². The summed E-state index contributed by atoms with van der Waals surface area (Å²) >= 11 is 1.92. The van der Waals surface area contributed by atoms with Crippen LogP contribution in [0.15, 0.2) is 12.3 Å². The van der Waals surface area contributed by atoms with Crippen LogP contribution in [0.4, 0.5) is 5.69 Å². The van der Waals surface area contributed by atoms with Crippen molar-refractivity contribution >= 4 is 23.4 Å². The molecule has 1 amide bonds. The van der Waals surface area contributed by atoms with E-state index in [1.807, 2.05) is 18.7 Å². The Labute approximate surface area is 117 Å². The summed E-state index contributed by atoms with van der Waals surface area (Å²) in [6, 6.07) is 1.76. The number of thioether (sulfide) groups is 1. The molecule has 1 aromatic rings. The molecule has 1 saturated heterocycles. The van der Waals surface area contributed by atoms with E-state index in [1.54, 1.807) is 12.3 Å². The number of aryl methyl sites for hydroxylation is 1. The number of nitrogens with two attached hydrogens (primary N) is 1. The predicted octanol–water partition coefficient (Wildman–Crippen LogP) is 1.69. The molecule has 4 N–H and O–H groups in total. The first-order chi connectivity index (χ1) is 9.04. The minimum Gasteiger partial charge on any atom is -0.351 e. The summed E-state index contributed by atoms with van der Waals surface area (Å²) in [6.45, 7) is 4.73. The van der Waals surface area contributed by atoms with Crippen molar-refractivity contribution in [3.05, 3.63) is 23.5 Å². The summed E-state index contributed by atoms with van der Waals surface area (Å²) in [7, 11) is 0. The Balaban J connectivity index is 2.03. The molecule has 5 nitrogen and oxygen atoms in total. The van der Waals surface area contributed by atoms with Crippen LogP contribution < -0.4 is 16.6 Å². The second-order valence-electron chi connectivity index (χ2n) is 5.10. The van der Waals surface area contributed by atoms with Gasteiger partial charge >= 0.3 is 0 Å². The van der Waals surface area contributed by atoms with Gasteiger partial charge < -0.3 is 10.7 Å². The van der Waals surface area contributed by atoms with Gasteiger partial charge in [0.25, 0.3) is 5.91 Å². The van der Waals surface area contributed by atoms with Gasteiger partial charge in [0.1, 0.15) is 0 Å². The average molecular weight is 280 g/mol. The number of hydrogen-bond donors (Lipinski definition) is 3. The molecule has 0 saturated carbocycles. The van der Waals surface area contributed by atoms with Gasteiger partial charge in [0.15, 0.2) is 0 Å². The molecule has 1 fully saturated rings. The Morgan fingerprint density at radius 1 is 1.63 bits per heavy atom. The summed E-state index contributed by atoms with van der Waals surface area (Å²) in [6.07, 6.45) is 3.93. The zero-order valence-corrected chi connectivity index (χ0v) is 12.1. The van der Waals surface area contributed by atoms with Gasteiger partial charge in [0, 0.05) is 23.2 Å². The topological polar surface area (TPSA) is 80.0 Å². The van der Waals surface area contributed by atoms with E-state index in [2.05, 4.69) is 22.7 Å². The molecule has 0 bridgehead atoms. The third kappa shape index (κ3) is 3.39. The average Bonchev–Trinajstić information content (AvgIpc) is 2.83. The maximum Gasteiger partial charge on any atom is 0.255 e. The number of carbonyl (C=O) groups is 1. The van der Waals surface area contributed by atoms with E-state index in [9.17, 15) is 4.79 Å². The summed E-state index contributed by atoms with van der Waals surface area (Å²) in [5, 5.41) is 2.98. The Hall–Kier alpha value is -1.27. The van der Waals surface area contributed by atoms with Crippen molar-refractivity contribution < 1.29 is 4.79 Å². The lowest BCUT2D eigenvalue weighted by Gasteiger charge is -2.23. The largest absolute Gasteiger partial charge is 0.351 e. The smallest absolute Gasteiger partial charge is 0.255 e. The van der Waals surface area contributed by atoms with E-state index in [0.29, 0.717) is 17.8 Å². The molecule has 6 heteroatoms. The highest BCUT2D eigenvalue weighted by Gasteiger charge is 2.30. The second kappa shape index (κ2) is 5.79. The number of nitrogens with one attached hydrogen (secondary N) is 2. The van der Waals surface area contributed by atoms with Gasteiger partial charge in [0.2, 0.25) is 0 Å². The van der Waals surface area contributed by atoms with E-state index in [4.69, 9.17) is 5.84 Å². The monoisotopic (exact) mass is 280 g/mol. The molecule has 1 aromatic heterocycles. The highest BCUT2D eigenvalue weighted by molar-refractivity contribution is 8.00. The molecule has 0 radical (unpaired) electrons. The van der Waals surface area contributed by atoms with E-state index in [-0.39, 0.29) is 10.7 Å². The lowest BCUT2D eigenvalue weighted by atomic mass is 10.1. The number of rotatable bonds is 4. The number of pyridine rings is 1. The van der Waals surface area contributed by atoms with Crippen molar-refractivity contribution in [1.29, 1.82) is 0 Å². The fourth-order valence-corrected chi connectivity index (χ4v) is 3.44. The summed E-state index contributed by atoms with van der Waals surface area (Å²) < 4.78 is 0.157. The number of carbonyl (C=O) groups excluding carboxylic acids is 1. The Bertz CT molecular complexity index is 472. The van der Waals surface area contributed by atoms with Crippen molar-refractivity contribution in [3.8, 4) is 0 Å². The Morgan fingerprint density at radius 3 is 3.05 bits per heavy atom. The molecular formula is C13H20N4OS. The van der Waals surface area contributed by atoms with Gasteiger partial charge in [-0.2, -0.15) is 11.8 Å². The maximum absolute atomic E-state index is 12.2. The van der Waals surface area contributed by atoms with Gasteiger partial charge in [0.05, 0.1) is 11.3 Å². The number of nitrogens with zero attached hydrogens (tertiary/aromatic N) is 1. The lowest BCUT2D eigenvalue weighted by molar-refractivity contribution is 0.0950. The van der Waals surface area contributed by atoms with E-state index < -0.39 is 0 Å². The summed E-state index contributed by atoms with van der Waals surface area (Å²) in [5.74, 6) is 6.48. The van der Waals surface area contributed by atoms with Gasteiger partial charge in [-0.15, -0.1) is 0 Å². The minimum absolute atomic E-state index is 0.130. The van der Waals surface area contributed by atoms with Crippen LogP contribution in [0.1, 0.15) is 35.8 Å². The van der Waals surface area contributed by atoms with Crippen molar-refractivity contribution in [3.63, 3.8) is 0 Å². The number of amides is 1. The molecule has 0 aromatic carbocycles. The van der Waals surface area contributed by atoms with Crippen LogP contribution in [0.2, 0.25) is 0 Å². The third-order valence-corrected chi connectivity index (χ3v) is 4.90. The molecule has 1 atom stereocenters. The molecule has 1 aliphatic heterocycles. The molecule has 1 unspecified atom stereocenters. The molecule has 19 heavy (non-hydrogen) atoms. The summed E-state index contributed by atoms with van der Waals surface area (Å²) in [5.41, 5.74) is 4.46. The Kier molecular flexibility index (Phi) is 4.31. The Morgan fingerprint density at radius 2 is 2.42 bits per heavy atom. The normalized spacial score (nSPS) is 22.3. The van der Waals surface area contributed by atoms with E-state index in [0.717, 1.165) is 12.1 Å². The van der Waals surface area contributed by atoms with Gasteiger partial charge in [-0.1, -0.05) is 0 Å². The highest BCUT2D eigenvalue weighted by Crippen LogP contribution is 2.37. The fraction of sp³-hybridized carbons (Fsp3) is 0.538. The van der Waals surface area contributed by atoms with Crippen LogP contribution in [0, 0.1) is 6.92 Å². The maximum atomic E-state index is 12.2. The number of aromatic nitrogens is 1. The number of anilines is 1. The first-order valence-electron chi connectivity index (χ1n) is 6.39. The SMILES string of the molecule is Cc1cc(NN)c(C(=O)NCC2(C)CCCS2)cn1. The predicted molar refractivity (Wildman–Crippen MR) is 79.2 cm³/mol. The van der Waals surface area contributed by atoms with Crippen LogP contribution in [0.25, 0.3) is 0 Å². The van der Waals surface area contributed by atoms with Crippen LogP contribution in [0.5, 0.6) is 0 Å². The molecule has 0 spiro atoms. The first-order valence-corrected chi connectivity index (χ1v) is 7.38. The first kappa shape index (κ1) is 14.1. The number of hydrazine groups is 1. The highest BCUT2D eigenvalue weighted by atomic mass is 32.2. The number of nitrogen functional groups attached to an aromatic ring is 1. The van der Waals surface area contributed by atoms with Crippen molar-refractivity contribution in [2.75, 3.05) is 17.7 Å². The fourth-order valence-electron chi connectivity index (χ4n) is 2.20. The lowest BCUT2D eigenvalue weighted by Crippen LogP contribution is -2.37. The quantitative estimate of drug-likeness (QED) is 0.578. The third-order valence-electron chi connectivity index (χ3n) is 3.36. The molecule has 1 aliphatic rings. The van der Waals surface area contributed by atoms with E-state index >= 15 is 0 Å². The van der Waals surface area contributed by atoms with Gasteiger partial charge in [-0.05, 0) is 38.5 Å².